The third-order valence-corrected chi connectivity index (χ3v) is 6.16. The molecule has 0 unspecified atom stereocenters. The minimum atomic E-state index is -0.369. The van der Waals surface area contributed by atoms with Crippen LogP contribution in [0.4, 0.5) is 17.5 Å². The highest BCUT2D eigenvalue weighted by Crippen LogP contribution is 2.26. The molecule has 0 saturated carbocycles. The molecule has 3 N–H and O–H groups in total. The van der Waals surface area contributed by atoms with Gasteiger partial charge in [-0.2, -0.15) is 5.10 Å². The first-order chi connectivity index (χ1) is 16.8. The summed E-state index contributed by atoms with van der Waals surface area (Å²) in [6.45, 7) is 0.828. The lowest BCUT2D eigenvalue weighted by molar-refractivity contribution is -0.130. The van der Waals surface area contributed by atoms with Crippen molar-refractivity contribution in [2.75, 3.05) is 31.7 Å². The average molecular weight is 473 g/mol. The number of hydrogen-bond donors (Lipinski definition) is 2. The zero-order valence-electron chi connectivity index (χ0n) is 19.4. The summed E-state index contributed by atoms with van der Waals surface area (Å²) in [5.41, 5.74) is 7.84. The van der Waals surface area contributed by atoms with Crippen molar-refractivity contribution in [1.82, 2.24) is 29.5 Å². The molecular weight excluding hydrogens is 448 g/mol. The molecular formula is C24H24N8O3. The Kier molecular flexibility index (Phi) is 5.51. The monoisotopic (exact) mass is 472 g/mol. The molecule has 0 bridgehead atoms. The van der Waals surface area contributed by atoms with E-state index in [1.807, 2.05) is 6.07 Å². The molecule has 5 rings (SSSR count). The molecule has 0 saturated heterocycles. The molecule has 11 heteroatoms. The Labute approximate surface area is 200 Å². The number of aromatic nitrogens is 4. The zero-order chi connectivity index (χ0) is 24.7. The Morgan fingerprint density at radius 2 is 2.03 bits per heavy atom. The Bertz CT molecular complexity index is 1440. The lowest BCUT2D eigenvalue weighted by Gasteiger charge is -2.21. The number of nitrogens with two attached hydrogens (primary N) is 1. The first kappa shape index (κ1) is 22.3. The second kappa shape index (κ2) is 8.67. The zero-order valence-corrected chi connectivity index (χ0v) is 19.4. The number of nitrogens with one attached hydrogen (secondary N) is 1. The van der Waals surface area contributed by atoms with Gasteiger partial charge in [0, 0.05) is 56.1 Å². The summed E-state index contributed by atoms with van der Waals surface area (Å²) < 4.78 is 1.70. The summed E-state index contributed by atoms with van der Waals surface area (Å²) in [5, 5.41) is 8.95. The molecule has 3 aromatic heterocycles. The van der Waals surface area contributed by atoms with Crippen LogP contribution in [0.1, 0.15) is 22.6 Å². The Hall–Kier alpha value is -4.54. The first-order valence-corrected chi connectivity index (χ1v) is 11.1. The van der Waals surface area contributed by atoms with Crippen LogP contribution in [0.25, 0.3) is 10.8 Å². The topological polar surface area (TPSA) is 139 Å². The molecule has 2 amide bonds. The van der Waals surface area contributed by atoms with E-state index in [2.05, 4.69) is 20.4 Å². The maximum absolute atomic E-state index is 13.1. The maximum Gasteiger partial charge on any atom is 0.276 e. The summed E-state index contributed by atoms with van der Waals surface area (Å²) in [7, 11) is 3.39. The second-order valence-corrected chi connectivity index (χ2v) is 8.58. The van der Waals surface area contributed by atoms with Gasteiger partial charge in [0.25, 0.3) is 5.91 Å². The van der Waals surface area contributed by atoms with Crippen molar-refractivity contribution >= 4 is 45.8 Å². The smallest absolute Gasteiger partial charge is 0.276 e. The quantitative estimate of drug-likeness (QED) is 0.584. The van der Waals surface area contributed by atoms with Crippen LogP contribution in [0.2, 0.25) is 0 Å². The molecule has 11 nitrogen and oxygen atoms in total. The van der Waals surface area contributed by atoms with Crippen LogP contribution in [0.15, 0.2) is 48.3 Å². The fourth-order valence-electron chi connectivity index (χ4n) is 4.09. The predicted octanol–water partition coefficient (Wildman–Crippen LogP) is 1.65. The van der Waals surface area contributed by atoms with E-state index in [-0.39, 0.29) is 42.1 Å². The number of carbonyl (C=O) groups is 3. The van der Waals surface area contributed by atoms with Gasteiger partial charge in [0.1, 0.15) is 23.9 Å². The molecule has 0 spiro atoms. The van der Waals surface area contributed by atoms with Crippen molar-refractivity contribution in [1.29, 1.82) is 0 Å². The summed E-state index contributed by atoms with van der Waals surface area (Å²) in [6, 6.07) is 5.31. The lowest BCUT2D eigenvalue weighted by Crippen LogP contribution is -2.29. The Balaban J connectivity index is 1.41. The normalized spacial score (nSPS) is 15.6. The van der Waals surface area contributed by atoms with Crippen molar-refractivity contribution < 1.29 is 14.4 Å². The fourth-order valence-corrected chi connectivity index (χ4v) is 4.09. The van der Waals surface area contributed by atoms with Gasteiger partial charge < -0.3 is 20.9 Å². The van der Waals surface area contributed by atoms with Crippen molar-refractivity contribution in [3.63, 3.8) is 0 Å². The van der Waals surface area contributed by atoms with E-state index in [0.717, 1.165) is 5.69 Å². The number of allylic oxidation sites excluding steroid dienone is 4. The van der Waals surface area contributed by atoms with Crippen molar-refractivity contribution in [2.45, 2.75) is 19.4 Å². The van der Waals surface area contributed by atoms with Gasteiger partial charge in [-0.15, -0.1) is 0 Å². The largest absolute Gasteiger partial charge is 0.383 e. The summed E-state index contributed by atoms with van der Waals surface area (Å²) in [4.78, 5) is 48.7. The number of anilines is 3. The highest BCUT2D eigenvalue weighted by Gasteiger charge is 2.22. The second-order valence-electron chi connectivity index (χ2n) is 8.58. The fraction of sp³-hybridized carbons (Fsp3) is 0.250. The van der Waals surface area contributed by atoms with Gasteiger partial charge in [0.2, 0.25) is 5.91 Å². The van der Waals surface area contributed by atoms with E-state index >= 15 is 0 Å². The highest BCUT2D eigenvalue weighted by atomic mass is 16.2. The average Bonchev–Trinajstić information content (AvgIpc) is 3.15. The summed E-state index contributed by atoms with van der Waals surface area (Å²) >= 11 is 0. The predicted molar refractivity (Wildman–Crippen MR) is 130 cm³/mol. The van der Waals surface area contributed by atoms with Crippen molar-refractivity contribution in [3.05, 3.63) is 59.7 Å². The van der Waals surface area contributed by atoms with E-state index in [1.54, 1.807) is 54.2 Å². The van der Waals surface area contributed by atoms with Crippen LogP contribution >= 0.6 is 0 Å². The third kappa shape index (κ3) is 4.35. The molecule has 0 radical (unpaired) electrons. The van der Waals surface area contributed by atoms with Crippen LogP contribution < -0.4 is 11.1 Å². The van der Waals surface area contributed by atoms with Gasteiger partial charge in [0.15, 0.2) is 11.6 Å². The van der Waals surface area contributed by atoms with Crippen LogP contribution in [-0.4, -0.2) is 67.8 Å². The molecule has 0 atom stereocenters. The number of fused-ring (bicyclic) bond motifs is 2. The van der Waals surface area contributed by atoms with E-state index in [1.165, 1.54) is 11.0 Å². The number of pyridine rings is 2. The number of hydrogen-bond acceptors (Lipinski definition) is 8. The number of ketones is 1. The minimum Gasteiger partial charge on any atom is -0.383 e. The molecule has 0 aromatic carbocycles. The van der Waals surface area contributed by atoms with Gasteiger partial charge in [-0.05, 0) is 29.7 Å². The van der Waals surface area contributed by atoms with E-state index in [0.29, 0.717) is 41.1 Å². The van der Waals surface area contributed by atoms with E-state index in [9.17, 15) is 14.4 Å². The number of carbonyl (C=O) groups excluding carboxylic acids is 3. The summed E-state index contributed by atoms with van der Waals surface area (Å²) in [6.07, 6.45) is 7.28. The number of nitrogen functional groups attached to an aromatic ring is 1. The molecule has 0 fully saturated rings. The minimum absolute atomic E-state index is 0.0109. The number of amides is 2. The van der Waals surface area contributed by atoms with Crippen LogP contribution in [0, 0.1) is 0 Å². The van der Waals surface area contributed by atoms with Gasteiger partial charge in [-0.25, -0.2) is 9.97 Å². The van der Waals surface area contributed by atoms with Crippen molar-refractivity contribution in [2.24, 2.45) is 0 Å². The van der Waals surface area contributed by atoms with Gasteiger partial charge >= 0.3 is 0 Å². The molecule has 1 aliphatic heterocycles. The SMILES string of the molecule is CN1CCc2cc(Nc3cc4cc(C(=O)N(C)C5=CC=CC(=O)C5)nc(N)c4cn3)nn2CC1=O. The molecule has 35 heavy (non-hydrogen) atoms. The standard InChI is InChI=1S/C24H24N8O3/c1-30-7-6-16-11-21(29-32(16)13-22(30)34)28-20-9-14-8-19(27-23(25)18(14)12-26-20)24(35)31(2)15-4-3-5-17(33)10-15/h3-5,8-9,11-12H,6-7,10,13H2,1-2H3,(H2,25,27)(H,26,28,29). The molecule has 2 aliphatic rings. The molecule has 1 aliphatic carbocycles. The maximum atomic E-state index is 13.1. The number of nitrogens with zero attached hydrogens (tertiary/aromatic N) is 6. The number of likely N-dealkylation sites (N-methyl/N-ethyl adjacent to an activating group) is 1. The van der Waals surface area contributed by atoms with Gasteiger partial charge in [0.05, 0.1) is 6.42 Å². The Morgan fingerprint density at radius 1 is 1.20 bits per heavy atom. The van der Waals surface area contributed by atoms with Gasteiger partial charge in [-0.1, -0.05) is 6.08 Å². The van der Waals surface area contributed by atoms with Crippen LogP contribution in [0.5, 0.6) is 0 Å². The summed E-state index contributed by atoms with van der Waals surface area (Å²) in [5.74, 6) is 0.844. The number of rotatable bonds is 4. The molecule has 4 heterocycles. The van der Waals surface area contributed by atoms with Crippen LogP contribution in [0.3, 0.4) is 0 Å². The molecule has 178 valence electrons. The van der Waals surface area contributed by atoms with Crippen LogP contribution in [-0.2, 0) is 22.6 Å². The lowest BCUT2D eigenvalue weighted by atomic mass is 10.1. The molecule has 3 aromatic rings. The van der Waals surface area contributed by atoms with Gasteiger partial charge in [-0.3, -0.25) is 19.1 Å². The van der Waals surface area contributed by atoms with E-state index in [4.69, 9.17) is 5.73 Å². The third-order valence-electron chi connectivity index (χ3n) is 6.16. The first-order valence-electron chi connectivity index (χ1n) is 11.1. The Morgan fingerprint density at radius 3 is 2.83 bits per heavy atom. The van der Waals surface area contributed by atoms with E-state index < -0.39 is 0 Å². The van der Waals surface area contributed by atoms with Crippen molar-refractivity contribution in [3.8, 4) is 0 Å². The highest BCUT2D eigenvalue weighted by molar-refractivity contribution is 6.01.